The molecule has 1 aliphatic rings. The quantitative estimate of drug-likeness (QED) is 0.400. The minimum absolute atomic E-state index is 0.0104. The summed E-state index contributed by atoms with van der Waals surface area (Å²) in [5, 5.41) is 34.1. The van der Waals surface area contributed by atoms with E-state index in [0.29, 0.717) is 32.7 Å². The van der Waals surface area contributed by atoms with Gasteiger partial charge < -0.3 is 34.6 Å². The van der Waals surface area contributed by atoms with Crippen LogP contribution in [-0.2, 0) is 19.0 Å². The van der Waals surface area contributed by atoms with Crippen LogP contribution in [0, 0.1) is 11.8 Å². The lowest BCUT2D eigenvalue weighted by molar-refractivity contribution is -0.274. The van der Waals surface area contributed by atoms with E-state index in [2.05, 4.69) is 0 Å². The topological polar surface area (TPSA) is 126 Å². The van der Waals surface area contributed by atoms with Crippen LogP contribution in [0.5, 0.6) is 0 Å². The lowest BCUT2D eigenvalue weighted by atomic mass is 10.0. The first-order chi connectivity index (χ1) is 12.0. The second-order valence-corrected chi connectivity index (χ2v) is 6.12. The summed E-state index contributed by atoms with van der Waals surface area (Å²) in [5.41, 5.74) is 0. The van der Waals surface area contributed by atoms with E-state index in [0.717, 1.165) is 12.8 Å². The van der Waals surface area contributed by atoms with Gasteiger partial charge in [-0.25, -0.2) is 4.79 Å². The van der Waals surface area contributed by atoms with Gasteiger partial charge in [0.2, 0.25) is 0 Å². The van der Waals surface area contributed by atoms with E-state index in [9.17, 15) is 4.79 Å². The van der Waals surface area contributed by atoms with E-state index in [1.807, 2.05) is 0 Å². The summed E-state index contributed by atoms with van der Waals surface area (Å²) < 4.78 is 15.7. The normalized spacial score (nSPS) is 23.1. The minimum atomic E-state index is -1.26. The molecule has 8 nitrogen and oxygen atoms in total. The summed E-state index contributed by atoms with van der Waals surface area (Å²) >= 11 is 0. The number of aliphatic hydroxyl groups excluding tert-OH is 4. The van der Waals surface area contributed by atoms with Crippen LogP contribution >= 0.6 is 0 Å². The van der Waals surface area contributed by atoms with Crippen LogP contribution in [0.4, 0.5) is 0 Å². The van der Waals surface area contributed by atoms with Crippen LogP contribution < -0.4 is 0 Å². The average molecular weight is 366 g/mol. The number of carbonyl (C=O) groups excluding carboxylic acids is 1. The Hall–Kier alpha value is -0.770. The van der Waals surface area contributed by atoms with Crippen molar-refractivity contribution in [3.63, 3.8) is 0 Å². The third-order valence-electron chi connectivity index (χ3n) is 3.89. The molecular weight excluding hydrogens is 332 g/mol. The first-order valence-electron chi connectivity index (χ1n) is 8.85. The fraction of sp³-hybridized carbons (Fsp3) is 0.941. The highest BCUT2D eigenvalue weighted by Crippen LogP contribution is 2.25. The van der Waals surface area contributed by atoms with Crippen molar-refractivity contribution >= 4 is 5.97 Å². The number of hydrogen-bond acceptors (Lipinski definition) is 8. The van der Waals surface area contributed by atoms with Gasteiger partial charge in [-0.05, 0) is 32.6 Å². The maximum Gasteiger partial charge on any atom is 0.366 e. The summed E-state index contributed by atoms with van der Waals surface area (Å²) in [4.78, 5) is 11.5. The van der Waals surface area contributed by atoms with Crippen LogP contribution in [0.2, 0.25) is 0 Å². The predicted octanol–water partition coefficient (Wildman–Crippen LogP) is 0.0609. The molecule has 1 fully saturated rings. The fourth-order valence-corrected chi connectivity index (χ4v) is 2.19. The molecule has 0 saturated carbocycles. The molecule has 150 valence electrons. The molecule has 0 atom stereocenters. The second-order valence-electron chi connectivity index (χ2n) is 6.12. The molecule has 4 N–H and O–H groups in total. The van der Waals surface area contributed by atoms with Crippen molar-refractivity contribution in [3.8, 4) is 0 Å². The number of rotatable bonds is 10. The van der Waals surface area contributed by atoms with Crippen molar-refractivity contribution in [1.82, 2.24) is 0 Å². The van der Waals surface area contributed by atoms with Gasteiger partial charge in [-0.3, -0.25) is 0 Å². The van der Waals surface area contributed by atoms with E-state index in [1.165, 1.54) is 0 Å². The Balaban J connectivity index is 0.000000547. The number of esters is 1. The van der Waals surface area contributed by atoms with Gasteiger partial charge in [0.15, 0.2) is 0 Å². The summed E-state index contributed by atoms with van der Waals surface area (Å²) in [6.45, 7) is 4.90. The van der Waals surface area contributed by atoms with E-state index in [4.69, 9.17) is 34.6 Å². The summed E-state index contributed by atoms with van der Waals surface area (Å²) in [6.07, 6.45) is 2.93. The maximum atomic E-state index is 11.5. The fourth-order valence-electron chi connectivity index (χ4n) is 2.19. The van der Waals surface area contributed by atoms with Gasteiger partial charge in [0, 0.05) is 45.2 Å². The Kier molecular flexibility index (Phi) is 14.0. The first kappa shape index (κ1) is 24.2. The zero-order valence-corrected chi connectivity index (χ0v) is 15.4. The van der Waals surface area contributed by atoms with Crippen molar-refractivity contribution < 1.29 is 39.4 Å². The zero-order chi connectivity index (χ0) is 19.1. The molecule has 8 heteroatoms. The van der Waals surface area contributed by atoms with Crippen LogP contribution in [-0.4, -0.2) is 78.4 Å². The van der Waals surface area contributed by atoms with Gasteiger partial charge >= 0.3 is 5.97 Å². The number of carbonyl (C=O) groups is 1. The van der Waals surface area contributed by atoms with E-state index >= 15 is 0 Å². The Morgan fingerprint density at radius 3 is 2.12 bits per heavy atom. The van der Waals surface area contributed by atoms with Gasteiger partial charge in [0.1, 0.15) is 0 Å². The van der Waals surface area contributed by atoms with Crippen LogP contribution in [0.25, 0.3) is 0 Å². The molecule has 1 heterocycles. The third kappa shape index (κ3) is 10.1. The van der Waals surface area contributed by atoms with Gasteiger partial charge in [-0.15, -0.1) is 0 Å². The average Bonchev–Trinajstić information content (AvgIpc) is 2.63. The molecule has 0 bridgehead atoms. The third-order valence-corrected chi connectivity index (χ3v) is 3.89. The Morgan fingerprint density at radius 1 is 1.12 bits per heavy atom. The molecule has 0 unspecified atom stereocenters. The summed E-state index contributed by atoms with van der Waals surface area (Å²) in [6, 6.07) is 0. The first-order valence-corrected chi connectivity index (χ1v) is 8.85. The Bertz CT molecular complexity index is 325. The summed E-state index contributed by atoms with van der Waals surface area (Å²) in [5.74, 6) is -1.53. The Morgan fingerprint density at radius 2 is 1.68 bits per heavy atom. The number of hydrogen-bond donors (Lipinski definition) is 4. The van der Waals surface area contributed by atoms with Crippen LogP contribution in [0.1, 0.15) is 39.5 Å². The van der Waals surface area contributed by atoms with Crippen molar-refractivity contribution in [2.75, 3.05) is 46.2 Å². The monoisotopic (exact) mass is 366 g/mol. The molecule has 25 heavy (non-hydrogen) atoms. The maximum absolute atomic E-state index is 11.5. The molecule has 0 amide bonds. The van der Waals surface area contributed by atoms with Crippen LogP contribution in [0.3, 0.4) is 0 Å². The Labute approximate surface area is 149 Å². The highest BCUT2D eigenvalue weighted by molar-refractivity contribution is 5.77. The number of ether oxygens (including phenoxy) is 3. The van der Waals surface area contributed by atoms with Crippen molar-refractivity contribution in [1.29, 1.82) is 0 Å². The standard InChI is InChI=1S/C11H20O5.C6H14O3/c1-3-14-10(13)11(2)15-7-9(8-16-11)5-4-6-12;7-3-1-2-6(4-8)5-9/h9,12H,3-8H2,1-2H3;6-9H,1-5H2. The molecule has 0 spiro atoms. The molecule has 0 aromatic heterocycles. The van der Waals surface area contributed by atoms with Crippen molar-refractivity contribution in [3.05, 3.63) is 0 Å². The molecule has 1 aliphatic heterocycles. The van der Waals surface area contributed by atoms with Gasteiger partial charge in [0.25, 0.3) is 5.79 Å². The van der Waals surface area contributed by atoms with Gasteiger partial charge in [-0.1, -0.05) is 0 Å². The lowest BCUT2D eigenvalue weighted by Gasteiger charge is -2.35. The highest BCUT2D eigenvalue weighted by atomic mass is 16.7. The lowest BCUT2D eigenvalue weighted by Crippen LogP contribution is -2.48. The molecule has 0 aromatic rings. The molecule has 0 radical (unpaired) electrons. The van der Waals surface area contributed by atoms with E-state index in [1.54, 1.807) is 13.8 Å². The zero-order valence-electron chi connectivity index (χ0n) is 15.4. The van der Waals surface area contributed by atoms with Gasteiger partial charge in [0.05, 0.1) is 19.8 Å². The summed E-state index contributed by atoms with van der Waals surface area (Å²) in [7, 11) is 0. The van der Waals surface area contributed by atoms with Gasteiger partial charge in [-0.2, -0.15) is 0 Å². The van der Waals surface area contributed by atoms with E-state index in [-0.39, 0.29) is 38.3 Å². The molecule has 1 rings (SSSR count). The molecule has 1 saturated heterocycles. The van der Waals surface area contributed by atoms with E-state index < -0.39 is 11.8 Å². The number of aliphatic hydroxyl groups is 4. The molecular formula is C17H34O8. The van der Waals surface area contributed by atoms with Crippen molar-refractivity contribution in [2.45, 2.75) is 45.3 Å². The SMILES string of the molecule is CCOC(=O)C1(C)OCC(CCCO)CO1.OCCCC(CO)CO. The predicted molar refractivity (Wildman–Crippen MR) is 90.7 cm³/mol. The minimum Gasteiger partial charge on any atom is -0.462 e. The molecule has 0 aromatic carbocycles. The highest BCUT2D eigenvalue weighted by Gasteiger charge is 2.41. The smallest absolute Gasteiger partial charge is 0.366 e. The largest absolute Gasteiger partial charge is 0.462 e. The van der Waals surface area contributed by atoms with Crippen LogP contribution in [0.15, 0.2) is 0 Å². The van der Waals surface area contributed by atoms with Crippen molar-refractivity contribution in [2.24, 2.45) is 11.8 Å². The second kappa shape index (κ2) is 14.4. The molecule has 0 aliphatic carbocycles.